The van der Waals surface area contributed by atoms with E-state index in [-0.39, 0.29) is 5.69 Å². The number of non-ortho nitro benzene ring substituents is 1. The highest BCUT2D eigenvalue weighted by molar-refractivity contribution is 5.96. The third kappa shape index (κ3) is 3.38. The van der Waals surface area contributed by atoms with Crippen molar-refractivity contribution in [2.24, 2.45) is 0 Å². The van der Waals surface area contributed by atoms with E-state index in [9.17, 15) is 14.9 Å². The number of nitro groups is 1. The summed E-state index contributed by atoms with van der Waals surface area (Å²) in [6, 6.07) is 16.1. The van der Waals surface area contributed by atoms with Crippen molar-refractivity contribution in [2.45, 2.75) is 13.3 Å². The van der Waals surface area contributed by atoms with Crippen LogP contribution in [0.4, 0.5) is 10.5 Å². The summed E-state index contributed by atoms with van der Waals surface area (Å²) >= 11 is 0. The van der Waals surface area contributed by atoms with Crippen molar-refractivity contribution < 1.29 is 14.5 Å². The number of nitro benzene ring substituents is 1. The normalized spacial score (nSPS) is 14.9. The highest BCUT2D eigenvalue weighted by Gasteiger charge is 2.29. The molecule has 2 aromatic rings. The van der Waals surface area contributed by atoms with Gasteiger partial charge in [-0.05, 0) is 35.3 Å². The maximum atomic E-state index is 12.2. The highest BCUT2D eigenvalue weighted by Crippen LogP contribution is 2.34. The zero-order valence-electron chi connectivity index (χ0n) is 13.8. The third-order valence-corrected chi connectivity index (χ3v) is 4.14. The summed E-state index contributed by atoms with van der Waals surface area (Å²) in [6.45, 7) is 2.82. The molecule has 6 nitrogen and oxygen atoms in total. The molecule has 0 radical (unpaired) electrons. The van der Waals surface area contributed by atoms with E-state index >= 15 is 0 Å². The Morgan fingerprint density at radius 2 is 1.80 bits per heavy atom. The summed E-state index contributed by atoms with van der Waals surface area (Å²) in [5, 5.41) is 10.9. The molecule has 0 aliphatic carbocycles. The van der Waals surface area contributed by atoms with E-state index in [1.807, 2.05) is 37.3 Å². The fourth-order valence-corrected chi connectivity index (χ4v) is 2.98. The smallest absolute Gasteiger partial charge is 0.414 e. The van der Waals surface area contributed by atoms with Gasteiger partial charge in [-0.25, -0.2) is 4.79 Å². The Morgan fingerprint density at radius 3 is 2.32 bits per heavy atom. The Labute approximate surface area is 145 Å². The van der Waals surface area contributed by atoms with Crippen molar-refractivity contribution >= 4 is 23.1 Å². The second-order valence-corrected chi connectivity index (χ2v) is 5.62. The molecule has 1 heterocycles. The number of nitrogens with zero attached hydrogens (tertiary/aromatic N) is 2. The van der Waals surface area contributed by atoms with Crippen LogP contribution in [0.25, 0.3) is 11.3 Å². The van der Waals surface area contributed by atoms with E-state index in [1.165, 1.54) is 12.1 Å². The molecule has 128 valence electrons. The minimum absolute atomic E-state index is 0.0184. The van der Waals surface area contributed by atoms with E-state index in [1.54, 1.807) is 17.0 Å². The van der Waals surface area contributed by atoms with Gasteiger partial charge in [-0.15, -0.1) is 0 Å². The van der Waals surface area contributed by atoms with Gasteiger partial charge in [0.15, 0.2) is 0 Å². The second kappa shape index (κ2) is 7.17. The van der Waals surface area contributed by atoms with Gasteiger partial charge in [0.25, 0.3) is 5.69 Å². The predicted molar refractivity (Wildman–Crippen MR) is 94.7 cm³/mol. The van der Waals surface area contributed by atoms with Crippen LogP contribution in [0.3, 0.4) is 0 Å². The van der Waals surface area contributed by atoms with Crippen LogP contribution in [0.2, 0.25) is 0 Å². The minimum atomic E-state index is -0.435. The SMILES string of the molecule is CC/C(=C(\c1ccc([N+](=O)[O-])cc1)N1CCOC1=O)c1ccccc1. The van der Waals surface area contributed by atoms with Crippen LogP contribution in [0, 0.1) is 10.1 Å². The quantitative estimate of drug-likeness (QED) is 0.462. The van der Waals surface area contributed by atoms with Gasteiger partial charge in [-0.2, -0.15) is 0 Å². The summed E-state index contributed by atoms with van der Waals surface area (Å²) in [5.41, 5.74) is 3.52. The first-order chi connectivity index (χ1) is 12.1. The molecule has 0 saturated carbocycles. The summed E-state index contributed by atoms with van der Waals surface area (Å²) < 4.78 is 5.11. The fourth-order valence-electron chi connectivity index (χ4n) is 2.98. The van der Waals surface area contributed by atoms with Crippen molar-refractivity contribution in [3.8, 4) is 0 Å². The van der Waals surface area contributed by atoms with Crippen molar-refractivity contribution in [2.75, 3.05) is 13.2 Å². The Kier molecular flexibility index (Phi) is 4.79. The van der Waals surface area contributed by atoms with Gasteiger partial charge >= 0.3 is 6.09 Å². The first kappa shape index (κ1) is 16.7. The Morgan fingerprint density at radius 1 is 1.12 bits per heavy atom. The van der Waals surface area contributed by atoms with Crippen molar-refractivity contribution in [3.63, 3.8) is 0 Å². The Bertz CT molecular complexity index is 813. The maximum Gasteiger partial charge on any atom is 0.414 e. The Hall–Kier alpha value is -3.15. The second-order valence-electron chi connectivity index (χ2n) is 5.62. The van der Waals surface area contributed by atoms with Crippen LogP contribution in [0.1, 0.15) is 24.5 Å². The number of cyclic esters (lactones) is 1. The molecule has 3 rings (SSSR count). The lowest BCUT2D eigenvalue weighted by Crippen LogP contribution is -2.23. The molecule has 0 aromatic heterocycles. The van der Waals surface area contributed by atoms with Crippen LogP contribution in [0.5, 0.6) is 0 Å². The number of rotatable bonds is 5. The zero-order valence-corrected chi connectivity index (χ0v) is 13.8. The van der Waals surface area contributed by atoms with Crippen LogP contribution in [0.15, 0.2) is 54.6 Å². The molecule has 1 fully saturated rings. The summed E-state index contributed by atoms with van der Waals surface area (Å²) in [7, 11) is 0. The molecular weight excluding hydrogens is 320 g/mol. The number of ether oxygens (including phenoxy) is 1. The molecule has 0 bridgehead atoms. The van der Waals surface area contributed by atoms with E-state index in [4.69, 9.17) is 4.74 Å². The van der Waals surface area contributed by atoms with Crippen molar-refractivity contribution in [1.82, 2.24) is 4.90 Å². The molecule has 6 heteroatoms. The number of hydrogen-bond donors (Lipinski definition) is 0. The zero-order chi connectivity index (χ0) is 17.8. The first-order valence-corrected chi connectivity index (χ1v) is 8.09. The minimum Gasteiger partial charge on any atom is -0.447 e. The largest absolute Gasteiger partial charge is 0.447 e. The van der Waals surface area contributed by atoms with E-state index in [2.05, 4.69) is 0 Å². The van der Waals surface area contributed by atoms with Crippen molar-refractivity contribution in [3.05, 3.63) is 75.8 Å². The molecule has 0 spiro atoms. The maximum absolute atomic E-state index is 12.2. The van der Waals surface area contributed by atoms with Gasteiger partial charge in [0.05, 0.1) is 17.2 Å². The summed E-state index contributed by atoms with van der Waals surface area (Å²) in [5.74, 6) is 0. The molecule has 25 heavy (non-hydrogen) atoms. The fraction of sp³-hybridized carbons (Fsp3) is 0.211. The van der Waals surface area contributed by atoms with Gasteiger partial charge in [0.1, 0.15) is 6.61 Å². The number of amides is 1. The number of carbonyl (C=O) groups is 1. The molecule has 0 N–H and O–H groups in total. The Balaban J connectivity index is 2.17. The van der Waals surface area contributed by atoms with Gasteiger partial charge in [-0.1, -0.05) is 37.3 Å². The third-order valence-electron chi connectivity index (χ3n) is 4.14. The average Bonchev–Trinajstić information content (AvgIpc) is 3.06. The summed E-state index contributed by atoms with van der Waals surface area (Å²) in [4.78, 5) is 24.3. The molecule has 0 atom stereocenters. The molecular formula is C19H18N2O4. The van der Waals surface area contributed by atoms with Gasteiger partial charge in [0, 0.05) is 12.1 Å². The highest BCUT2D eigenvalue weighted by atomic mass is 16.6. The predicted octanol–water partition coefficient (Wildman–Crippen LogP) is 4.33. The number of allylic oxidation sites excluding steroid dienone is 1. The topological polar surface area (TPSA) is 72.7 Å². The molecule has 1 amide bonds. The molecule has 1 aliphatic rings. The van der Waals surface area contributed by atoms with E-state index in [0.29, 0.717) is 19.6 Å². The lowest BCUT2D eigenvalue weighted by molar-refractivity contribution is -0.384. The molecule has 2 aromatic carbocycles. The van der Waals surface area contributed by atoms with Gasteiger partial charge in [0.2, 0.25) is 0 Å². The lowest BCUT2D eigenvalue weighted by atomic mass is 9.96. The van der Waals surface area contributed by atoms with Crippen molar-refractivity contribution in [1.29, 1.82) is 0 Å². The first-order valence-electron chi connectivity index (χ1n) is 8.09. The summed E-state index contributed by atoms with van der Waals surface area (Å²) in [6.07, 6.45) is 0.315. The molecule has 1 aliphatic heterocycles. The molecule has 1 saturated heterocycles. The van der Waals surface area contributed by atoms with E-state index < -0.39 is 11.0 Å². The van der Waals surface area contributed by atoms with E-state index in [0.717, 1.165) is 22.4 Å². The number of benzene rings is 2. The lowest BCUT2D eigenvalue weighted by Gasteiger charge is -2.22. The van der Waals surface area contributed by atoms with Crippen LogP contribution < -0.4 is 0 Å². The van der Waals surface area contributed by atoms with Gasteiger partial charge < -0.3 is 4.74 Å². The molecule has 0 unspecified atom stereocenters. The van der Waals surface area contributed by atoms with Gasteiger partial charge in [-0.3, -0.25) is 15.0 Å². The average molecular weight is 338 g/mol. The van der Waals surface area contributed by atoms with Crippen LogP contribution >= 0.6 is 0 Å². The monoisotopic (exact) mass is 338 g/mol. The van der Waals surface area contributed by atoms with Crippen LogP contribution in [-0.4, -0.2) is 29.1 Å². The van der Waals surface area contributed by atoms with Crippen LogP contribution in [-0.2, 0) is 4.74 Å². The standard InChI is InChI=1S/C19H18N2O4/c1-2-17(14-6-4-3-5-7-14)18(20-12-13-25-19(20)22)15-8-10-16(11-9-15)21(23)24/h3-11H,2,12-13H2,1H3/b18-17-. The number of hydrogen-bond acceptors (Lipinski definition) is 4. The number of carbonyl (C=O) groups excluding carboxylic acids is 1.